The predicted molar refractivity (Wildman–Crippen MR) is 48.3 cm³/mol. The molecule has 66 valence electrons. The Morgan fingerprint density at radius 3 is 2.85 bits per heavy atom. The molecule has 1 heterocycles. The van der Waals surface area contributed by atoms with Crippen molar-refractivity contribution in [2.24, 2.45) is 5.92 Å². The summed E-state index contributed by atoms with van der Waals surface area (Å²) in [5.74, 6) is 1.88. The normalized spacial score (nSPS) is 25.3. The summed E-state index contributed by atoms with van der Waals surface area (Å²) in [5.41, 5.74) is 0.346. The molecule has 1 fully saturated rings. The van der Waals surface area contributed by atoms with Gasteiger partial charge in [-0.3, -0.25) is 0 Å². The van der Waals surface area contributed by atoms with E-state index in [9.17, 15) is 0 Å². The van der Waals surface area contributed by atoms with Crippen molar-refractivity contribution in [2.45, 2.75) is 19.3 Å². The van der Waals surface area contributed by atoms with Crippen LogP contribution < -0.4 is 0 Å². The molecule has 1 saturated carbocycles. The van der Waals surface area contributed by atoms with Gasteiger partial charge in [-0.05, 0) is 12.3 Å². The molecule has 0 bridgehead atoms. The molecule has 1 aliphatic rings. The zero-order chi connectivity index (χ0) is 9.42. The Bertz CT molecular complexity index is 383. The van der Waals surface area contributed by atoms with Crippen molar-refractivity contribution in [3.8, 4) is 6.07 Å². The van der Waals surface area contributed by atoms with Gasteiger partial charge in [0.05, 0.1) is 0 Å². The molecule has 0 saturated heterocycles. The Morgan fingerprint density at radius 2 is 2.38 bits per heavy atom. The van der Waals surface area contributed by atoms with Crippen LogP contribution in [0.5, 0.6) is 0 Å². The topological polar surface area (TPSA) is 49.6 Å². The van der Waals surface area contributed by atoms with E-state index in [4.69, 9.17) is 16.9 Å². The second-order valence-electron chi connectivity index (χ2n) is 3.36. The van der Waals surface area contributed by atoms with Crippen LogP contribution in [0.2, 0.25) is 5.15 Å². The quantitative estimate of drug-likeness (QED) is 0.642. The van der Waals surface area contributed by atoms with Crippen LogP contribution >= 0.6 is 11.6 Å². The lowest BCUT2D eigenvalue weighted by Crippen LogP contribution is -1.95. The second kappa shape index (κ2) is 2.97. The van der Waals surface area contributed by atoms with Crippen molar-refractivity contribution in [1.82, 2.24) is 9.97 Å². The van der Waals surface area contributed by atoms with Crippen LogP contribution in [0.4, 0.5) is 0 Å². The van der Waals surface area contributed by atoms with Gasteiger partial charge in [-0.1, -0.05) is 18.5 Å². The highest BCUT2D eigenvalue weighted by Gasteiger charge is 2.36. The highest BCUT2D eigenvalue weighted by atomic mass is 35.5. The van der Waals surface area contributed by atoms with E-state index >= 15 is 0 Å². The van der Waals surface area contributed by atoms with Crippen LogP contribution in [0.15, 0.2) is 6.20 Å². The van der Waals surface area contributed by atoms with E-state index in [0.717, 1.165) is 12.2 Å². The summed E-state index contributed by atoms with van der Waals surface area (Å²) in [6, 6.07) is 1.94. The zero-order valence-electron chi connectivity index (χ0n) is 7.16. The standard InChI is InChI=1S/C9H8ClN3/c1-5-2-7(5)9-12-4-6(3-11)8(10)13-9/h4-5,7H,2H2,1H3. The summed E-state index contributed by atoms with van der Waals surface area (Å²) in [5, 5.41) is 8.87. The minimum Gasteiger partial charge on any atom is -0.240 e. The van der Waals surface area contributed by atoms with Gasteiger partial charge in [-0.15, -0.1) is 0 Å². The molecular formula is C9H8ClN3. The fourth-order valence-corrected chi connectivity index (χ4v) is 1.49. The number of nitriles is 1. The molecule has 0 spiro atoms. The summed E-state index contributed by atoms with van der Waals surface area (Å²) in [6.07, 6.45) is 2.62. The fraction of sp³-hybridized carbons (Fsp3) is 0.444. The molecule has 1 aromatic rings. The van der Waals surface area contributed by atoms with Gasteiger partial charge in [0, 0.05) is 12.1 Å². The first-order valence-electron chi connectivity index (χ1n) is 4.15. The van der Waals surface area contributed by atoms with Gasteiger partial charge in [0.2, 0.25) is 0 Å². The maximum absolute atomic E-state index is 8.60. The number of nitrogens with zero attached hydrogens (tertiary/aromatic N) is 3. The van der Waals surface area contributed by atoms with Crippen LogP contribution in [0.3, 0.4) is 0 Å². The van der Waals surface area contributed by atoms with Gasteiger partial charge >= 0.3 is 0 Å². The van der Waals surface area contributed by atoms with E-state index in [0.29, 0.717) is 17.4 Å². The Kier molecular flexibility index (Phi) is 1.93. The molecule has 2 unspecified atom stereocenters. The molecule has 0 N–H and O–H groups in total. The third-order valence-electron chi connectivity index (χ3n) is 2.32. The predicted octanol–water partition coefficient (Wildman–Crippen LogP) is 2.13. The lowest BCUT2D eigenvalue weighted by Gasteiger charge is -1.98. The molecule has 0 aromatic carbocycles. The van der Waals surface area contributed by atoms with Crippen molar-refractivity contribution < 1.29 is 0 Å². The average Bonchev–Trinajstić information content (AvgIpc) is 2.82. The molecule has 0 amide bonds. The molecule has 13 heavy (non-hydrogen) atoms. The van der Waals surface area contributed by atoms with E-state index in [1.54, 1.807) is 0 Å². The number of hydrogen-bond acceptors (Lipinski definition) is 3. The maximum atomic E-state index is 8.60. The van der Waals surface area contributed by atoms with Crippen molar-refractivity contribution in [3.05, 3.63) is 22.7 Å². The minimum absolute atomic E-state index is 0.270. The van der Waals surface area contributed by atoms with Crippen LogP contribution in [-0.2, 0) is 0 Å². The first-order chi connectivity index (χ1) is 6.22. The number of halogens is 1. The summed E-state index contributed by atoms with van der Waals surface area (Å²) in [6.45, 7) is 2.15. The average molecular weight is 194 g/mol. The van der Waals surface area contributed by atoms with E-state index in [1.165, 1.54) is 6.20 Å². The van der Waals surface area contributed by atoms with Crippen LogP contribution in [-0.4, -0.2) is 9.97 Å². The highest BCUT2D eigenvalue weighted by molar-refractivity contribution is 6.30. The second-order valence-corrected chi connectivity index (χ2v) is 3.72. The van der Waals surface area contributed by atoms with Crippen molar-refractivity contribution in [1.29, 1.82) is 5.26 Å². The first kappa shape index (κ1) is 8.46. The Morgan fingerprint density at radius 1 is 1.69 bits per heavy atom. The maximum Gasteiger partial charge on any atom is 0.150 e. The van der Waals surface area contributed by atoms with Gasteiger partial charge in [0.15, 0.2) is 5.15 Å². The molecular weight excluding hydrogens is 186 g/mol. The molecule has 4 heteroatoms. The van der Waals surface area contributed by atoms with Gasteiger partial charge in [-0.2, -0.15) is 5.26 Å². The largest absolute Gasteiger partial charge is 0.240 e. The molecule has 2 rings (SSSR count). The third-order valence-corrected chi connectivity index (χ3v) is 2.61. The first-order valence-corrected chi connectivity index (χ1v) is 4.52. The molecule has 2 atom stereocenters. The molecule has 1 aromatic heterocycles. The summed E-state index contributed by atoms with van der Waals surface area (Å²) >= 11 is 5.78. The van der Waals surface area contributed by atoms with Crippen molar-refractivity contribution in [2.75, 3.05) is 0 Å². The van der Waals surface area contributed by atoms with Crippen LogP contribution in [0.1, 0.15) is 30.7 Å². The fourth-order valence-electron chi connectivity index (χ4n) is 1.31. The highest BCUT2D eigenvalue weighted by Crippen LogP contribution is 2.45. The number of rotatable bonds is 1. The van der Waals surface area contributed by atoms with Gasteiger partial charge in [0.25, 0.3) is 0 Å². The number of aromatic nitrogens is 2. The van der Waals surface area contributed by atoms with E-state index in [2.05, 4.69) is 16.9 Å². The van der Waals surface area contributed by atoms with Crippen molar-refractivity contribution in [3.63, 3.8) is 0 Å². The summed E-state index contributed by atoms with van der Waals surface area (Å²) in [7, 11) is 0. The third kappa shape index (κ3) is 1.50. The van der Waals surface area contributed by atoms with Crippen LogP contribution in [0, 0.1) is 17.2 Å². The molecule has 3 nitrogen and oxygen atoms in total. The molecule has 1 aliphatic carbocycles. The SMILES string of the molecule is CC1CC1c1ncc(C#N)c(Cl)n1. The molecule has 0 aliphatic heterocycles. The van der Waals surface area contributed by atoms with Gasteiger partial charge in [0.1, 0.15) is 17.5 Å². The van der Waals surface area contributed by atoms with E-state index in [1.807, 2.05) is 6.07 Å². The zero-order valence-corrected chi connectivity index (χ0v) is 7.91. The molecule has 0 radical (unpaired) electrons. The van der Waals surface area contributed by atoms with E-state index < -0.39 is 0 Å². The van der Waals surface area contributed by atoms with Gasteiger partial charge in [-0.25, -0.2) is 9.97 Å². The number of hydrogen-bond donors (Lipinski definition) is 0. The lowest BCUT2D eigenvalue weighted by molar-refractivity contribution is 0.840. The van der Waals surface area contributed by atoms with Crippen molar-refractivity contribution >= 4 is 11.6 Å². The Hall–Kier alpha value is -1.14. The Balaban J connectivity index is 2.32. The minimum atomic E-state index is 0.270. The van der Waals surface area contributed by atoms with Gasteiger partial charge < -0.3 is 0 Å². The van der Waals surface area contributed by atoms with Crippen LogP contribution in [0.25, 0.3) is 0 Å². The monoisotopic (exact) mass is 193 g/mol. The summed E-state index contributed by atoms with van der Waals surface area (Å²) < 4.78 is 0. The smallest absolute Gasteiger partial charge is 0.150 e. The summed E-state index contributed by atoms with van der Waals surface area (Å²) in [4.78, 5) is 8.19. The van der Waals surface area contributed by atoms with E-state index in [-0.39, 0.29) is 5.15 Å². The Labute approximate surface area is 81.4 Å². The lowest BCUT2D eigenvalue weighted by atomic mass is 10.3.